The minimum Gasteiger partial charge on any atom is -0.479 e. The first kappa shape index (κ1) is 15.5. The number of carboxylic acids is 1. The van der Waals surface area contributed by atoms with Crippen LogP contribution in [-0.4, -0.2) is 60.9 Å². The van der Waals surface area contributed by atoms with Crippen LogP contribution in [0.4, 0.5) is 11.8 Å². The molecule has 0 bridgehead atoms. The van der Waals surface area contributed by atoms with E-state index in [9.17, 15) is 4.79 Å². The van der Waals surface area contributed by atoms with E-state index in [1.54, 1.807) is 0 Å². The van der Waals surface area contributed by atoms with E-state index in [-0.39, 0.29) is 5.92 Å². The lowest BCUT2D eigenvalue weighted by Crippen LogP contribution is -2.46. The monoisotopic (exact) mass is 294 g/mol. The lowest BCUT2D eigenvalue weighted by atomic mass is 10.1. The zero-order valence-electron chi connectivity index (χ0n) is 12.9. The minimum atomic E-state index is -0.939. The van der Waals surface area contributed by atoms with E-state index in [4.69, 9.17) is 9.84 Å². The summed E-state index contributed by atoms with van der Waals surface area (Å²) in [5.41, 5.74) is 0.946. The average molecular weight is 294 g/mol. The predicted octanol–water partition coefficient (Wildman–Crippen LogP) is 0.956. The number of carbonyl (C=O) groups is 1. The van der Waals surface area contributed by atoms with Crippen LogP contribution in [-0.2, 0) is 9.53 Å². The van der Waals surface area contributed by atoms with Crippen molar-refractivity contribution in [3.63, 3.8) is 0 Å². The summed E-state index contributed by atoms with van der Waals surface area (Å²) in [7, 11) is 3.78. The van der Waals surface area contributed by atoms with Crippen LogP contribution in [0.1, 0.15) is 25.5 Å². The zero-order valence-corrected chi connectivity index (χ0v) is 12.9. The lowest BCUT2D eigenvalue weighted by molar-refractivity contribution is -0.150. The fourth-order valence-corrected chi connectivity index (χ4v) is 2.10. The summed E-state index contributed by atoms with van der Waals surface area (Å²) in [5.74, 6) is 0.731. The summed E-state index contributed by atoms with van der Waals surface area (Å²) < 4.78 is 5.25. The van der Waals surface area contributed by atoms with Crippen molar-refractivity contribution < 1.29 is 14.6 Å². The van der Waals surface area contributed by atoms with Crippen molar-refractivity contribution in [1.82, 2.24) is 9.97 Å². The molecule has 1 aromatic heterocycles. The summed E-state index contributed by atoms with van der Waals surface area (Å²) in [6.45, 7) is 5.47. The summed E-state index contributed by atoms with van der Waals surface area (Å²) in [4.78, 5) is 23.9. The van der Waals surface area contributed by atoms with Gasteiger partial charge in [-0.05, 0) is 5.92 Å². The number of hydrogen-bond donors (Lipinski definition) is 1. The van der Waals surface area contributed by atoms with Gasteiger partial charge >= 0.3 is 5.97 Å². The molecule has 0 aliphatic carbocycles. The number of ether oxygens (including phenoxy) is 1. The van der Waals surface area contributed by atoms with Gasteiger partial charge in [0.1, 0.15) is 5.82 Å². The van der Waals surface area contributed by atoms with Gasteiger partial charge in [-0.1, -0.05) is 13.8 Å². The molecular weight excluding hydrogens is 272 g/mol. The third-order valence-electron chi connectivity index (χ3n) is 3.38. The second-order valence-corrected chi connectivity index (χ2v) is 5.64. The molecule has 7 heteroatoms. The van der Waals surface area contributed by atoms with Gasteiger partial charge in [0.25, 0.3) is 0 Å². The van der Waals surface area contributed by atoms with Gasteiger partial charge in [0.15, 0.2) is 6.10 Å². The van der Waals surface area contributed by atoms with E-state index < -0.39 is 12.1 Å². The van der Waals surface area contributed by atoms with Gasteiger partial charge in [0.05, 0.1) is 18.8 Å². The Hall–Kier alpha value is -1.89. The van der Waals surface area contributed by atoms with E-state index in [2.05, 4.69) is 23.8 Å². The van der Waals surface area contributed by atoms with Crippen LogP contribution in [0.3, 0.4) is 0 Å². The molecule has 0 aromatic carbocycles. The Morgan fingerprint density at radius 3 is 2.76 bits per heavy atom. The third kappa shape index (κ3) is 3.60. The zero-order chi connectivity index (χ0) is 15.6. The normalized spacial score (nSPS) is 18.9. The maximum Gasteiger partial charge on any atom is 0.334 e. The van der Waals surface area contributed by atoms with Crippen molar-refractivity contribution in [3.8, 4) is 0 Å². The Labute approximate surface area is 124 Å². The van der Waals surface area contributed by atoms with Crippen LogP contribution in [0.5, 0.6) is 0 Å². The molecule has 0 amide bonds. The molecule has 1 aliphatic heterocycles. The molecule has 1 fully saturated rings. The maximum absolute atomic E-state index is 11.1. The van der Waals surface area contributed by atoms with Gasteiger partial charge in [0, 0.05) is 26.7 Å². The summed E-state index contributed by atoms with van der Waals surface area (Å²) in [6.07, 6.45) is -0.806. The number of aliphatic carboxylic acids is 1. The van der Waals surface area contributed by atoms with Gasteiger partial charge in [-0.3, -0.25) is 0 Å². The van der Waals surface area contributed by atoms with Crippen molar-refractivity contribution in [1.29, 1.82) is 0 Å². The largest absolute Gasteiger partial charge is 0.479 e. The van der Waals surface area contributed by atoms with Gasteiger partial charge in [0.2, 0.25) is 5.95 Å². The van der Waals surface area contributed by atoms with Crippen molar-refractivity contribution in [2.45, 2.75) is 25.9 Å². The Balaban J connectivity index is 2.31. The molecule has 0 spiro atoms. The molecular formula is C14H22N4O3. The van der Waals surface area contributed by atoms with E-state index in [1.165, 1.54) is 0 Å². The second kappa shape index (κ2) is 6.26. The molecule has 0 saturated carbocycles. The number of hydrogen-bond acceptors (Lipinski definition) is 6. The molecule has 2 heterocycles. The van der Waals surface area contributed by atoms with E-state index >= 15 is 0 Å². The molecule has 2 rings (SSSR count). The van der Waals surface area contributed by atoms with Crippen molar-refractivity contribution in [2.75, 3.05) is 43.6 Å². The van der Waals surface area contributed by atoms with Gasteiger partial charge < -0.3 is 19.6 Å². The molecule has 1 N–H and O–H groups in total. The summed E-state index contributed by atoms with van der Waals surface area (Å²) in [5, 5.41) is 9.10. The molecule has 1 aromatic rings. The van der Waals surface area contributed by atoms with Crippen molar-refractivity contribution in [3.05, 3.63) is 11.8 Å². The highest BCUT2D eigenvalue weighted by atomic mass is 16.5. The molecule has 116 valence electrons. The fraction of sp³-hybridized carbons (Fsp3) is 0.643. The number of rotatable bonds is 4. The predicted molar refractivity (Wildman–Crippen MR) is 80.0 cm³/mol. The van der Waals surface area contributed by atoms with Gasteiger partial charge in [-0.15, -0.1) is 0 Å². The Morgan fingerprint density at radius 2 is 2.19 bits per heavy atom. The fourth-order valence-electron chi connectivity index (χ4n) is 2.10. The first-order chi connectivity index (χ1) is 9.88. The standard InChI is InChI=1S/C14H22N4O3/c1-9(2)10-7-12(16-14(15-10)17(3)4)18-5-6-21-11(8-18)13(19)20/h7,9,11H,5-6,8H2,1-4H3,(H,19,20). The molecule has 21 heavy (non-hydrogen) atoms. The summed E-state index contributed by atoms with van der Waals surface area (Å²) >= 11 is 0. The smallest absolute Gasteiger partial charge is 0.334 e. The number of anilines is 2. The number of morpholine rings is 1. The highest BCUT2D eigenvalue weighted by molar-refractivity contribution is 5.73. The average Bonchev–Trinajstić information content (AvgIpc) is 2.46. The Morgan fingerprint density at radius 1 is 1.48 bits per heavy atom. The molecule has 1 atom stereocenters. The lowest BCUT2D eigenvalue weighted by Gasteiger charge is -2.32. The third-order valence-corrected chi connectivity index (χ3v) is 3.38. The highest BCUT2D eigenvalue weighted by Gasteiger charge is 2.27. The SMILES string of the molecule is CC(C)c1cc(N2CCOC(C(=O)O)C2)nc(N(C)C)n1. The minimum absolute atomic E-state index is 0.279. The van der Waals surface area contributed by atoms with Crippen LogP contribution in [0.25, 0.3) is 0 Å². The quantitative estimate of drug-likeness (QED) is 0.886. The molecule has 7 nitrogen and oxygen atoms in total. The van der Waals surface area contributed by atoms with Crippen LogP contribution in [0.15, 0.2) is 6.07 Å². The van der Waals surface area contributed by atoms with Crippen LogP contribution in [0.2, 0.25) is 0 Å². The van der Waals surface area contributed by atoms with Gasteiger partial charge in [-0.2, -0.15) is 4.98 Å². The van der Waals surface area contributed by atoms with Crippen molar-refractivity contribution >= 4 is 17.7 Å². The number of carboxylic acid groups (broad SMARTS) is 1. The maximum atomic E-state index is 11.1. The molecule has 1 saturated heterocycles. The molecule has 0 radical (unpaired) electrons. The van der Waals surface area contributed by atoms with Crippen LogP contribution >= 0.6 is 0 Å². The Bertz CT molecular complexity index is 493. The highest BCUT2D eigenvalue weighted by Crippen LogP contribution is 2.23. The number of nitrogens with zero attached hydrogens (tertiary/aromatic N) is 4. The second-order valence-electron chi connectivity index (χ2n) is 5.64. The van der Waals surface area contributed by atoms with E-state index in [1.807, 2.05) is 30.0 Å². The first-order valence-electron chi connectivity index (χ1n) is 7.04. The van der Waals surface area contributed by atoms with E-state index in [0.717, 1.165) is 11.5 Å². The first-order valence-corrected chi connectivity index (χ1v) is 7.04. The van der Waals surface area contributed by atoms with E-state index in [0.29, 0.717) is 25.6 Å². The molecule has 1 unspecified atom stereocenters. The van der Waals surface area contributed by atoms with Gasteiger partial charge in [-0.25, -0.2) is 9.78 Å². The molecule has 1 aliphatic rings. The number of aromatic nitrogens is 2. The van der Waals surface area contributed by atoms with Crippen LogP contribution in [0, 0.1) is 0 Å². The topological polar surface area (TPSA) is 78.8 Å². The Kier molecular flexibility index (Phi) is 4.62. The van der Waals surface area contributed by atoms with Crippen LogP contribution < -0.4 is 9.80 Å². The van der Waals surface area contributed by atoms with Crippen molar-refractivity contribution in [2.24, 2.45) is 0 Å². The summed E-state index contributed by atoms with van der Waals surface area (Å²) in [6, 6.07) is 1.93.